The van der Waals surface area contributed by atoms with E-state index in [1.54, 1.807) is 6.20 Å². The van der Waals surface area contributed by atoms with Crippen molar-refractivity contribution in [1.82, 2.24) is 9.97 Å². The number of anilines is 1. The predicted octanol–water partition coefficient (Wildman–Crippen LogP) is -0.0807. The van der Waals surface area contributed by atoms with Gasteiger partial charge in [-0.1, -0.05) is 0 Å². The van der Waals surface area contributed by atoms with Crippen LogP contribution in [-0.2, 0) is 0 Å². The molecule has 0 radical (unpaired) electrons. The maximum absolute atomic E-state index is 9.32. The van der Waals surface area contributed by atoms with E-state index in [1.165, 1.54) is 6.20 Å². The highest BCUT2D eigenvalue weighted by Crippen LogP contribution is 2.16. The van der Waals surface area contributed by atoms with Gasteiger partial charge in [0.15, 0.2) is 5.69 Å². The van der Waals surface area contributed by atoms with Crippen LogP contribution in [0.2, 0.25) is 0 Å². The van der Waals surface area contributed by atoms with Crippen LogP contribution >= 0.6 is 0 Å². The molecular weight excluding hydrogens is 180 g/mol. The first-order valence-electron chi connectivity index (χ1n) is 4.45. The van der Waals surface area contributed by atoms with Crippen molar-refractivity contribution in [2.45, 2.75) is 12.5 Å². The second-order valence-corrected chi connectivity index (χ2v) is 3.26. The first-order chi connectivity index (χ1) is 6.79. The maximum atomic E-state index is 9.32. The molecule has 1 aromatic rings. The van der Waals surface area contributed by atoms with Crippen molar-refractivity contribution in [2.75, 3.05) is 18.0 Å². The Morgan fingerprint density at radius 2 is 2.36 bits per heavy atom. The van der Waals surface area contributed by atoms with Crippen LogP contribution in [0.5, 0.6) is 0 Å². The average molecular weight is 190 g/mol. The smallest absolute Gasteiger partial charge is 0.158 e. The summed E-state index contributed by atoms with van der Waals surface area (Å²) in [6.07, 6.45) is 3.51. The molecule has 1 aromatic heterocycles. The number of nitrogens with zero attached hydrogens (tertiary/aromatic N) is 4. The molecule has 0 saturated carbocycles. The van der Waals surface area contributed by atoms with Crippen molar-refractivity contribution < 1.29 is 5.11 Å². The fourth-order valence-electron chi connectivity index (χ4n) is 1.49. The van der Waals surface area contributed by atoms with Crippen LogP contribution in [0.1, 0.15) is 12.1 Å². The van der Waals surface area contributed by atoms with E-state index in [-0.39, 0.29) is 6.10 Å². The van der Waals surface area contributed by atoms with Crippen LogP contribution in [-0.4, -0.2) is 34.3 Å². The molecule has 0 aromatic carbocycles. The largest absolute Gasteiger partial charge is 0.391 e. The highest BCUT2D eigenvalue weighted by molar-refractivity contribution is 5.38. The number of hydrogen-bond acceptors (Lipinski definition) is 5. The number of rotatable bonds is 1. The van der Waals surface area contributed by atoms with Gasteiger partial charge < -0.3 is 10.0 Å². The van der Waals surface area contributed by atoms with E-state index < -0.39 is 0 Å². The Hall–Kier alpha value is -1.67. The normalized spacial score (nSPS) is 20.9. The Labute approximate surface area is 81.6 Å². The minimum absolute atomic E-state index is 0.271. The van der Waals surface area contributed by atoms with E-state index in [4.69, 9.17) is 5.26 Å². The molecule has 1 atom stereocenters. The van der Waals surface area contributed by atoms with Gasteiger partial charge in [-0.2, -0.15) is 5.26 Å². The zero-order chi connectivity index (χ0) is 9.97. The van der Waals surface area contributed by atoms with Crippen LogP contribution in [0.4, 0.5) is 5.82 Å². The second-order valence-electron chi connectivity index (χ2n) is 3.26. The van der Waals surface area contributed by atoms with E-state index in [2.05, 4.69) is 9.97 Å². The van der Waals surface area contributed by atoms with E-state index >= 15 is 0 Å². The van der Waals surface area contributed by atoms with Gasteiger partial charge in [-0.25, -0.2) is 9.97 Å². The monoisotopic (exact) mass is 190 g/mol. The molecule has 1 aliphatic heterocycles. The van der Waals surface area contributed by atoms with Crippen LogP contribution in [0.25, 0.3) is 0 Å². The van der Waals surface area contributed by atoms with Crippen molar-refractivity contribution in [3.8, 4) is 6.07 Å². The zero-order valence-corrected chi connectivity index (χ0v) is 7.59. The summed E-state index contributed by atoms with van der Waals surface area (Å²) in [7, 11) is 0. The Kier molecular flexibility index (Phi) is 2.29. The maximum Gasteiger partial charge on any atom is 0.158 e. The van der Waals surface area contributed by atoms with Crippen LogP contribution in [0.15, 0.2) is 12.4 Å². The predicted molar refractivity (Wildman–Crippen MR) is 49.6 cm³/mol. The number of hydrogen-bond donors (Lipinski definition) is 1. The molecule has 0 unspecified atom stereocenters. The number of aliphatic hydroxyl groups is 1. The zero-order valence-electron chi connectivity index (χ0n) is 7.59. The summed E-state index contributed by atoms with van der Waals surface area (Å²) in [5, 5.41) is 17.8. The fraction of sp³-hybridized carbons (Fsp3) is 0.444. The second kappa shape index (κ2) is 3.60. The Bertz CT molecular complexity index is 356. The molecule has 0 spiro atoms. The lowest BCUT2D eigenvalue weighted by Gasteiger charge is -2.15. The molecule has 1 aliphatic rings. The molecule has 72 valence electrons. The number of β-amino-alcohol motifs (C(OH)–C–C–N with tert-alkyl or cyclic N) is 1. The molecule has 2 heterocycles. The molecule has 0 aliphatic carbocycles. The van der Waals surface area contributed by atoms with Crippen LogP contribution < -0.4 is 4.90 Å². The molecular formula is C9H10N4O. The van der Waals surface area contributed by atoms with Crippen molar-refractivity contribution in [3.63, 3.8) is 0 Å². The molecule has 1 fully saturated rings. The SMILES string of the molecule is N#Cc1cnc(N2CC[C@H](O)C2)cn1. The lowest BCUT2D eigenvalue weighted by molar-refractivity contribution is 0.198. The van der Waals surface area contributed by atoms with Gasteiger partial charge in [0.25, 0.3) is 0 Å². The summed E-state index contributed by atoms with van der Waals surface area (Å²) in [6, 6.07) is 1.91. The summed E-state index contributed by atoms with van der Waals surface area (Å²) in [5.74, 6) is 0.723. The molecule has 1 N–H and O–H groups in total. The van der Waals surface area contributed by atoms with Gasteiger partial charge in [0.1, 0.15) is 11.9 Å². The molecule has 1 saturated heterocycles. The van der Waals surface area contributed by atoms with Gasteiger partial charge in [0.2, 0.25) is 0 Å². The Balaban J connectivity index is 2.14. The summed E-state index contributed by atoms with van der Waals surface area (Å²) in [4.78, 5) is 9.97. The standard InChI is InChI=1S/C9H10N4O/c10-3-7-4-12-9(5-11-7)13-2-1-8(14)6-13/h4-5,8,14H,1-2,6H2/t8-/m0/s1. The first-order valence-corrected chi connectivity index (χ1v) is 4.45. The fourth-order valence-corrected chi connectivity index (χ4v) is 1.49. The van der Waals surface area contributed by atoms with Crippen LogP contribution in [0, 0.1) is 11.3 Å². The first kappa shape index (κ1) is 8.91. The molecule has 2 rings (SSSR count). The lowest BCUT2D eigenvalue weighted by atomic mass is 10.3. The summed E-state index contributed by atoms with van der Waals surface area (Å²) >= 11 is 0. The highest BCUT2D eigenvalue weighted by Gasteiger charge is 2.21. The van der Waals surface area contributed by atoms with E-state index in [0.29, 0.717) is 12.2 Å². The summed E-state index contributed by atoms with van der Waals surface area (Å²) < 4.78 is 0. The van der Waals surface area contributed by atoms with Gasteiger partial charge in [0.05, 0.1) is 18.5 Å². The van der Waals surface area contributed by atoms with Gasteiger partial charge >= 0.3 is 0 Å². The van der Waals surface area contributed by atoms with Crippen molar-refractivity contribution >= 4 is 5.82 Å². The molecule has 14 heavy (non-hydrogen) atoms. The molecule has 0 amide bonds. The topological polar surface area (TPSA) is 73.0 Å². The van der Waals surface area contributed by atoms with Crippen molar-refractivity contribution in [3.05, 3.63) is 18.1 Å². The van der Waals surface area contributed by atoms with Crippen LogP contribution in [0.3, 0.4) is 0 Å². The van der Waals surface area contributed by atoms with E-state index in [9.17, 15) is 5.11 Å². The molecule has 5 heteroatoms. The van der Waals surface area contributed by atoms with Gasteiger partial charge in [-0.05, 0) is 6.42 Å². The van der Waals surface area contributed by atoms with E-state index in [0.717, 1.165) is 18.8 Å². The summed E-state index contributed by atoms with van der Waals surface area (Å²) in [5.41, 5.74) is 0.313. The van der Waals surface area contributed by atoms with E-state index in [1.807, 2.05) is 11.0 Å². The third-order valence-corrected chi connectivity index (χ3v) is 2.24. The Morgan fingerprint density at radius 1 is 1.50 bits per heavy atom. The number of aromatic nitrogens is 2. The van der Waals surface area contributed by atoms with Gasteiger partial charge in [-0.3, -0.25) is 0 Å². The average Bonchev–Trinajstić information content (AvgIpc) is 2.65. The third kappa shape index (κ3) is 1.65. The third-order valence-electron chi connectivity index (χ3n) is 2.24. The highest BCUT2D eigenvalue weighted by atomic mass is 16.3. The number of aliphatic hydroxyl groups excluding tert-OH is 1. The minimum Gasteiger partial charge on any atom is -0.391 e. The van der Waals surface area contributed by atoms with Crippen molar-refractivity contribution in [1.29, 1.82) is 5.26 Å². The minimum atomic E-state index is -0.271. The Morgan fingerprint density at radius 3 is 2.86 bits per heavy atom. The molecule has 0 bridgehead atoms. The van der Waals surface area contributed by atoms with Gasteiger partial charge in [-0.15, -0.1) is 0 Å². The number of nitriles is 1. The van der Waals surface area contributed by atoms with Gasteiger partial charge in [0, 0.05) is 13.1 Å². The molecule has 5 nitrogen and oxygen atoms in total. The lowest BCUT2D eigenvalue weighted by Crippen LogP contribution is -2.22. The van der Waals surface area contributed by atoms with Crippen molar-refractivity contribution in [2.24, 2.45) is 0 Å². The quantitative estimate of drug-likeness (QED) is 0.670. The summed E-state index contributed by atoms with van der Waals surface area (Å²) in [6.45, 7) is 1.39.